The molecule has 1 aliphatic heterocycles. The Bertz CT molecular complexity index is 569. The first-order chi connectivity index (χ1) is 13.2. The van der Waals surface area contributed by atoms with Gasteiger partial charge in [-0.1, -0.05) is 43.5 Å². The van der Waals surface area contributed by atoms with E-state index in [4.69, 9.17) is 4.99 Å². The average molecular weight is 372 g/mol. The molecular weight excluding hydrogens is 334 g/mol. The van der Waals surface area contributed by atoms with Gasteiger partial charge in [0.25, 0.3) is 0 Å². The molecule has 0 atom stereocenters. The number of hydrogen-bond donors (Lipinski definition) is 2. The van der Waals surface area contributed by atoms with Gasteiger partial charge in [-0.05, 0) is 37.9 Å². The van der Waals surface area contributed by atoms with E-state index < -0.39 is 0 Å². The fraction of sp³-hybridized carbons (Fsp3) is 0.682. The van der Waals surface area contributed by atoms with Gasteiger partial charge in [-0.15, -0.1) is 0 Å². The van der Waals surface area contributed by atoms with E-state index in [1.165, 1.54) is 69.4 Å². The van der Waals surface area contributed by atoms with Gasteiger partial charge in [0, 0.05) is 45.3 Å². The van der Waals surface area contributed by atoms with E-state index in [0.717, 1.165) is 25.6 Å². The molecule has 5 nitrogen and oxygen atoms in total. The Labute approximate surface area is 165 Å². The van der Waals surface area contributed by atoms with E-state index in [1.54, 1.807) is 0 Å². The van der Waals surface area contributed by atoms with Crippen LogP contribution in [0.5, 0.6) is 0 Å². The van der Waals surface area contributed by atoms with Crippen molar-refractivity contribution in [3.05, 3.63) is 35.4 Å². The molecule has 0 unspecified atom stereocenters. The molecule has 0 aromatic heterocycles. The molecule has 1 aromatic carbocycles. The number of aliphatic imine (C=N–C) groups is 1. The van der Waals surface area contributed by atoms with E-state index in [2.05, 4.69) is 58.7 Å². The summed E-state index contributed by atoms with van der Waals surface area (Å²) in [6.07, 6.45) is 6.60. The standard InChI is InChI=1S/C22H37N5/c1-3-23-22(25-21-7-5-4-6-8-21)24-17-19-9-11-20(12-10-19)18-27-15-13-26(2)14-16-27/h9-12,21H,3-8,13-18H2,1-2H3,(H2,23,24,25). The van der Waals surface area contributed by atoms with E-state index in [1.807, 2.05) is 0 Å². The highest BCUT2D eigenvalue weighted by molar-refractivity contribution is 5.80. The number of nitrogens with zero attached hydrogens (tertiary/aromatic N) is 3. The highest BCUT2D eigenvalue weighted by Gasteiger charge is 2.15. The summed E-state index contributed by atoms with van der Waals surface area (Å²) in [6.45, 7) is 9.51. The summed E-state index contributed by atoms with van der Waals surface area (Å²) in [7, 11) is 2.21. The van der Waals surface area contributed by atoms with E-state index in [0.29, 0.717) is 6.04 Å². The minimum absolute atomic E-state index is 0.586. The predicted molar refractivity (Wildman–Crippen MR) is 114 cm³/mol. The van der Waals surface area contributed by atoms with Gasteiger partial charge in [-0.2, -0.15) is 0 Å². The van der Waals surface area contributed by atoms with Crippen LogP contribution in [0.3, 0.4) is 0 Å². The second-order valence-electron chi connectivity index (χ2n) is 8.07. The van der Waals surface area contributed by atoms with Gasteiger partial charge < -0.3 is 15.5 Å². The molecule has 0 spiro atoms. The maximum Gasteiger partial charge on any atom is 0.191 e. The van der Waals surface area contributed by atoms with Gasteiger partial charge >= 0.3 is 0 Å². The molecule has 1 aromatic rings. The molecule has 1 heterocycles. The van der Waals surface area contributed by atoms with Crippen LogP contribution in [0.1, 0.15) is 50.2 Å². The normalized spacial score (nSPS) is 20.6. The molecule has 0 bridgehead atoms. The molecule has 0 radical (unpaired) electrons. The van der Waals surface area contributed by atoms with Crippen molar-refractivity contribution in [3.63, 3.8) is 0 Å². The zero-order valence-corrected chi connectivity index (χ0v) is 17.2. The lowest BCUT2D eigenvalue weighted by Crippen LogP contribution is -2.44. The van der Waals surface area contributed by atoms with Gasteiger partial charge in [-0.25, -0.2) is 4.99 Å². The molecule has 0 amide bonds. The second-order valence-corrected chi connectivity index (χ2v) is 8.07. The molecule has 27 heavy (non-hydrogen) atoms. The highest BCUT2D eigenvalue weighted by atomic mass is 15.2. The van der Waals surface area contributed by atoms with Crippen molar-refractivity contribution in [1.82, 2.24) is 20.4 Å². The maximum atomic E-state index is 4.81. The monoisotopic (exact) mass is 371 g/mol. The van der Waals surface area contributed by atoms with Gasteiger partial charge in [0.15, 0.2) is 5.96 Å². The fourth-order valence-corrected chi connectivity index (χ4v) is 3.94. The van der Waals surface area contributed by atoms with Crippen molar-refractivity contribution in [1.29, 1.82) is 0 Å². The van der Waals surface area contributed by atoms with Crippen molar-refractivity contribution in [2.45, 2.75) is 58.2 Å². The van der Waals surface area contributed by atoms with Crippen LogP contribution < -0.4 is 10.6 Å². The third kappa shape index (κ3) is 6.82. The lowest BCUT2D eigenvalue weighted by molar-refractivity contribution is 0.148. The summed E-state index contributed by atoms with van der Waals surface area (Å²) >= 11 is 0. The molecule has 1 saturated carbocycles. The Morgan fingerprint density at radius 1 is 1.00 bits per heavy atom. The van der Waals surface area contributed by atoms with Crippen LogP contribution in [0.4, 0.5) is 0 Å². The largest absolute Gasteiger partial charge is 0.357 e. The molecule has 1 aliphatic carbocycles. The molecule has 2 fully saturated rings. The number of hydrogen-bond acceptors (Lipinski definition) is 3. The van der Waals surface area contributed by atoms with Crippen molar-refractivity contribution in [3.8, 4) is 0 Å². The Morgan fingerprint density at radius 2 is 1.67 bits per heavy atom. The van der Waals surface area contributed by atoms with E-state index >= 15 is 0 Å². The van der Waals surface area contributed by atoms with Crippen molar-refractivity contribution in [2.75, 3.05) is 39.8 Å². The van der Waals surface area contributed by atoms with Crippen molar-refractivity contribution >= 4 is 5.96 Å². The molecule has 3 rings (SSSR count). The number of rotatable bonds is 6. The minimum Gasteiger partial charge on any atom is -0.357 e. The molecule has 5 heteroatoms. The fourth-order valence-electron chi connectivity index (χ4n) is 3.94. The van der Waals surface area contributed by atoms with Crippen molar-refractivity contribution in [2.24, 2.45) is 4.99 Å². The number of guanidine groups is 1. The van der Waals surface area contributed by atoms with E-state index in [9.17, 15) is 0 Å². The van der Waals surface area contributed by atoms with Crippen LogP contribution in [-0.4, -0.2) is 61.6 Å². The van der Waals surface area contributed by atoms with Crippen LogP contribution in [0.2, 0.25) is 0 Å². The Hall–Kier alpha value is -1.59. The smallest absolute Gasteiger partial charge is 0.191 e. The molecule has 150 valence electrons. The zero-order chi connectivity index (χ0) is 18.9. The van der Waals surface area contributed by atoms with Gasteiger partial charge in [0.1, 0.15) is 0 Å². The van der Waals surface area contributed by atoms with Crippen LogP contribution >= 0.6 is 0 Å². The molecule has 2 aliphatic rings. The summed E-state index contributed by atoms with van der Waals surface area (Å²) in [5.41, 5.74) is 2.68. The first-order valence-corrected chi connectivity index (χ1v) is 10.8. The molecule has 2 N–H and O–H groups in total. The average Bonchev–Trinajstić information content (AvgIpc) is 2.70. The molecular formula is C22H37N5. The van der Waals surface area contributed by atoms with Crippen LogP contribution in [0.25, 0.3) is 0 Å². The quantitative estimate of drug-likeness (QED) is 0.596. The summed E-state index contributed by atoms with van der Waals surface area (Å²) < 4.78 is 0. The topological polar surface area (TPSA) is 42.9 Å². The number of nitrogens with one attached hydrogen (secondary N) is 2. The van der Waals surface area contributed by atoms with Crippen LogP contribution in [-0.2, 0) is 13.1 Å². The summed E-state index contributed by atoms with van der Waals surface area (Å²) in [6, 6.07) is 9.59. The lowest BCUT2D eigenvalue weighted by atomic mass is 9.96. The van der Waals surface area contributed by atoms with Gasteiger partial charge in [0.2, 0.25) is 0 Å². The summed E-state index contributed by atoms with van der Waals surface area (Å²) in [5.74, 6) is 0.964. The van der Waals surface area contributed by atoms with E-state index in [-0.39, 0.29) is 0 Å². The zero-order valence-electron chi connectivity index (χ0n) is 17.2. The van der Waals surface area contributed by atoms with Gasteiger partial charge in [0.05, 0.1) is 6.54 Å². The Balaban J connectivity index is 1.50. The van der Waals surface area contributed by atoms with Gasteiger partial charge in [-0.3, -0.25) is 4.90 Å². The number of likely N-dealkylation sites (N-methyl/N-ethyl adjacent to an activating group) is 1. The third-order valence-corrected chi connectivity index (χ3v) is 5.74. The summed E-state index contributed by atoms with van der Waals surface area (Å²) in [4.78, 5) is 9.76. The second kappa shape index (κ2) is 10.7. The highest BCUT2D eigenvalue weighted by Crippen LogP contribution is 2.17. The lowest BCUT2D eigenvalue weighted by Gasteiger charge is -2.32. The van der Waals surface area contributed by atoms with Crippen LogP contribution in [0.15, 0.2) is 29.3 Å². The minimum atomic E-state index is 0.586. The number of benzene rings is 1. The first-order valence-electron chi connectivity index (χ1n) is 10.8. The van der Waals surface area contributed by atoms with Crippen LogP contribution in [0, 0.1) is 0 Å². The third-order valence-electron chi connectivity index (χ3n) is 5.74. The number of piperazine rings is 1. The summed E-state index contributed by atoms with van der Waals surface area (Å²) in [5, 5.41) is 7.02. The Morgan fingerprint density at radius 3 is 2.33 bits per heavy atom. The maximum absolute atomic E-state index is 4.81. The predicted octanol–water partition coefficient (Wildman–Crippen LogP) is 2.82. The first kappa shape index (κ1) is 20.2. The Kier molecular flexibility index (Phi) is 7.96. The molecule has 1 saturated heterocycles. The SMILES string of the molecule is CCNC(=NCc1ccc(CN2CCN(C)CC2)cc1)NC1CCCCC1. The van der Waals surface area contributed by atoms with Crippen molar-refractivity contribution < 1.29 is 0 Å².